The zero-order valence-corrected chi connectivity index (χ0v) is 18.6. The first-order chi connectivity index (χ1) is 14.7. The maximum atomic E-state index is 15.0. The summed E-state index contributed by atoms with van der Waals surface area (Å²) in [5.41, 5.74) is 1.26. The van der Waals surface area contributed by atoms with E-state index < -0.39 is 35.4 Å². The van der Waals surface area contributed by atoms with E-state index in [-0.39, 0.29) is 34.3 Å². The van der Waals surface area contributed by atoms with Crippen LogP contribution in [0.25, 0.3) is 0 Å². The summed E-state index contributed by atoms with van der Waals surface area (Å²) in [6.07, 6.45) is 0.962. The van der Waals surface area contributed by atoms with Crippen LogP contribution in [-0.4, -0.2) is 31.4 Å². The van der Waals surface area contributed by atoms with E-state index in [0.717, 1.165) is 0 Å². The number of nitrogens with one attached hydrogen (secondary N) is 1. The molecule has 2 aliphatic rings. The number of ketones is 1. The van der Waals surface area contributed by atoms with Crippen molar-refractivity contribution in [1.29, 1.82) is 0 Å². The highest BCUT2D eigenvalue weighted by Crippen LogP contribution is 2.47. The van der Waals surface area contributed by atoms with Gasteiger partial charge in [-0.3, -0.25) is 9.59 Å². The second-order valence-electron chi connectivity index (χ2n) is 7.81. The SMILES string of the molecule is CCCOC(=O)C1=C(C)NC2=C(C(=O)C(C(=O)OC)C(C)C2)C1c1c(F)cccc1Cl. The Hall–Kier alpha value is -2.67. The van der Waals surface area contributed by atoms with E-state index in [1.165, 1.54) is 25.3 Å². The number of carbonyl (C=O) groups excluding carboxylic acids is 3. The minimum atomic E-state index is -1.10. The van der Waals surface area contributed by atoms with Gasteiger partial charge in [0.15, 0.2) is 5.78 Å². The summed E-state index contributed by atoms with van der Waals surface area (Å²) in [7, 11) is 1.22. The summed E-state index contributed by atoms with van der Waals surface area (Å²) in [5.74, 6) is -4.96. The lowest BCUT2D eigenvalue weighted by atomic mass is 9.69. The Morgan fingerprint density at radius 2 is 2.03 bits per heavy atom. The van der Waals surface area contributed by atoms with Crippen molar-refractivity contribution in [3.05, 3.63) is 57.1 Å². The molecule has 0 saturated heterocycles. The summed E-state index contributed by atoms with van der Waals surface area (Å²) in [5, 5.41) is 3.20. The van der Waals surface area contributed by atoms with E-state index in [1.807, 2.05) is 6.92 Å². The zero-order chi connectivity index (χ0) is 22.9. The summed E-state index contributed by atoms with van der Waals surface area (Å²) in [6.45, 7) is 5.48. The fraction of sp³-hybridized carbons (Fsp3) is 0.435. The minimum absolute atomic E-state index is 0.00693. The van der Waals surface area contributed by atoms with Crippen molar-refractivity contribution in [1.82, 2.24) is 5.32 Å². The second-order valence-corrected chi connectivity index (χ2v) is 8.21. The van der Waals surface area contributed by atoms with Crippen LogP contribution < -0.4 is 5.32 Å². The lowest BCUT2D eigenvalue weighted by Gasteiger charge is -2.38. The molecule has 1 aliphatic carbocycles. The van der Waals surface area contributed by atoms with Crippen molar-refractivity contribution in [2.45, 2.75) is 39.5 Å². The molecule has 0 radical (unpaired) electrons. The number of esters is 2. The van der Waals surface area contributed by atoms with Gasteiger partial charge in [-0.05, 0) is 37.8 Å². The first kappa shape index (κ1) is 23.0. The van der Waals surface area contributed by atoms with Gasteiger partial charge in [-0.2, -0.15) is 0 Å². The van der Waals surface area contributed by atoms with Crippen LogP contribution >= 0.6 is 11.6 Å². The third-order valence-corrected chi connectivity index (χ3v) is 6.02. The molecule has 3 atom stereocenters. The maximum Gasteiger partial charge on any atom is 0.336 e. The lowest BCUT2D eigenvalue weighted by molar-refractivity contribution is -0.151. The molecule has 31 heavy (non-hydrogen) atoms. The zero-order valence-electron chi connectivity index (χ0n) is 17.9. The van der Waals surface area contributed by atoms with Gasteiger partial charge in [-0.25, -0.2) is 9.18 Å². The molecule has 8 heteroatoms. The van der Waals surface area contributed by atoms with Gasteiger partial charge in [0, 0.05) is 27.6 Å². The van der Waals surface area contributed by atoms with Gasteiger partial charge >= 0.3 is 11.9 Å². The van der Waals surface area contributed by atoms with Gasteiger partial charge in [-0.15, -0.1) is 0 Å². The standard InChI is InChI=1S/C23H25ClFNO5/c1-5-9-31-23(29)17-12(3)26-15-10-11(2)16(22(28)30-4)21(27)19(15)20(17)18-13(24)7-6-8-14(18)25/h6-8,11,16,20,26H,5,9-10H2,1-4H3. The molecule has 0 bridgehead atoms. The number of ether oxygens (including phenoxy) is 2. The van der Waals surface area contributed by atoms with Gasteiger partial charge in [0.1, 0.15) is 11.7 Å². The van der Waals surface area contributed by atoms with Crippen molar-refractivity contribution in [3.63, 3.8) is 0 Å². The molecule has 0 spiro atoms. The minimum Gasteiger partial charge on any atom is -0.468 e. The first-order valence-electron chi connectivity index (χ1n) is 10.2. The Bertz CT molecular complexity index is 979. The fourth-order valence-corrected chi connectivity index (χ4v) is 4.57. The Morgan fingerprint density at radius 1 is 1.32 bits per heavy atom. The van der Waals surface area contributed by atoms with Crippen LogP contribution in [0, 0.1) is 17.7 Å². The van der Waals surface area contributed by atoms with Crippen LogP contribution in [-0.2, 0) is 23.9 Å². The van der Waals surface area contributed by atoms with Gasteiger partial charge < -0.3 is 14.8 Å². The highest BCUT2D eigenvalue weighted by Gasteiger charge is 2.48. The Labute approximate surface area is 185 Å². The first-order valence-corrected chi connectivity index (χ1v) is 10.5. The Morgan fingerprint density at radius 3 is 2.65 bits per heavy atom. The molecule has 1 N–H and O–H groups in total. The molecule has 0 fully saturated rings. The number of rotatable bonds is 5. The number of hydrogen-bond donors (Lipinski definition) is 1. The molecule has 0 amide bonds. The Kier molecular flexibility index (Phi) is 6.84. The van der Waals surface area contributed by atoms with Crippen LogP contribution in [0.15, 0.2) is 40.7 Å². The van der Waals surface area contributed by atoms with Crippen molar-refractivity contribution in [3.8, 4) is 0 Å². The van der Waals surface area contributed by atoms with E-state index >= 15 is 4.39 Å². The normalized spacial score (nSPS) is 23.3. The molecule has 1 aromatic carbocycles. The van der Waals surface area contributed by atoms with Crippen molar-refractivity contribution in [2.24, 2.45) is 11.8 Å². The van der Waals surface area contributed by atoms with Gasteiger partial charge in [0.05, 0.1) is 25.2 Å². The molecule has 1 heterocycles. The monoisotopic (exact) mass is 449 g/mol. The van der Waals surface area contributed by atoms with E-state index in [4.69, 9.17) is 21.1 Å². The number of allylic oxidation sites excluding steroid dienone is 3. The second kappa shape index (κ2) is 9.22. The third kappa shape index (κ3) is 4.11. The molecule has 166 valence electrons. The van der Waals surface area contributed by atoms with Gasteiger partial charge in [0.25, 0.3) is 0 Å². The molecule has 6 nitrogen and oxygen atoms in total. The number of dihydropyridines is 1. The predicted molar refractivity (Wildman–Crippen MR) is 113 cm³/mol. The van der Waals surface area contributed by atoms with E-state index in [2.05, 4.69) is 5.32 Å². The molecule has 1 aromatic rings. The van der Waals surface area contributed by atoms with Crippen LogP contribution in [0.1, 0.15) is 45.1 Å². The molecule has 0 aromatic heterocycles. The largest absolute Gasteiger partial charge is 0.468 e. The average Bonchev–Trinajstić information content (AvgIpc) is 2.71. The van der Waals surface area contributed by atoms with Gasteiger partial charge in [-0.1, -0.05) is 31.5 Å². The lowest BCUT2D eigenvalue weighted by Crippen LogP contribution is -2.43. The number of halogens is 2. The third-order valence-electron chi connectivity index (χ3n) is 5.69. The summed E-state index contributed by atoms with van der Waals surface area (Å²) < 4.78 is 25.2. The topological polar surface area (TPSA) is 81.7 Å². The summed E-state index contributed by atoms with van der Waals surface area (Å²) >= 11 is 6.36. The number of hydrogen-bond acceptors (Lipinski definition) is 6. The van der Waals surface area contributed by atoms with Crippen molar-refractivity contribution < 1.29 is 28.2 Å². The van der Waals surface area contributed by atoms with Crippen molar-refractivity contribution >= 4 is 29.3 Å². The molecular weight excluding hydrogens is 425 g/mol. The molecule has 0 saturated carbocycles. The maximum absolute atomic E-state index is 15.0. The fourth-order valence-electron chi connectivity index (χ4n) is 4.30. The highest BCUT2D eigenvalue weighted by atomic mass is 35.5. The van der Waals surface area contributed by atoms with Crippen LogP contribution in [0.2, 0.25) is 5.02 Å². The quantitative estimate of drug-likeness (QED) is 0.539. The Balaban J connectivity index is 2.23. The highest BCUT2D eigenvalue weighted by molar-refractivity contribution is 6.31. The predicted octanol–water partition coefficient (Wildman–Crippen LogP) is 4.05. The van der Waals surface area contributed by atoms with Crippen LogP contribution in [0.4, 0.5) is 4.39 Å². The van der Waals surface area contributed by atoms with Crippen molar-refractivity contribution in [2.75, 3.05) is 13.7 Å². The van der Waals surface area contributed by atoms with Crippen LogP contribution in [0.5, 0.6) is 0 Å². The summed E-state index contributed by atoms with van der Waals surface area (Å²) in [6, 6.07) is 4.17. The molecular formula is C23H25ClFNO5. The number of carbonyl (C=O) groups is 3. The van der Waals surface area contributed by atoms with E-state index in [9.17, 15) is 14.4 Å². The van der Waals surface area contributed by atoms with E-state index in [1.54, 1.807) is 13.8 Å². The number of benzene rings is 1. The smallest absolute Gasteiger partial charge is 0.336 e. The van der Waals surface area contributed by atoms with Crippen LogP contribution in [0.3, 0.4) is 0 Å². The van der Waals surface area contributed by atoms with E-state index in [0.29, 0.717) is 24.2 Å². The molecule has 3 rings (SSSR count). The average molecular weight is 450 g/mol. The summed E-state index contributed by atoms with van der Waals surface area (Å²) in [4.78, 5) is 38.9. The number of Topliss-reactive ketones (excluding diaryl/α,β-unsaturated/α-hetero) is 1. The number of methoxy groups -OCH3 is 1. The molecule has 3 unspecified atom stereocenters. The molecule has 1 aliphatic heterocycles. The van der Waals surface area contributed by atoms with Gasteiger partial charge in [0.2, 0.25) is 0 Å².